The summed E-state index contributed by atoms with van der Waals surface area (Å²) >= 11 is 0. The van der Waals surface area contributed by atoms with Gasteiger partial charge in [0.1, 0.15) is 5.54 Å². The molecular formula is C19H27NO. The highest BCUT2D eigenvalue weighted by molar-refractivity contribution is 5.90. The summed E-state index contributed by atoms with van der Waals surface area (Å²) in [7, 11) is 0. The van der Waals surface area contributed by atoms with Crippen LogP contribution in [0.25, 0.3) is 0 Å². The van der Waals surface area contributed by atoms with Gasteiger partial charge in [-0.1, -0.05) is 43.7 Å². The molecule has 1 heterocycles. The molecule has 2 heteroatoms. The van der Waals surface area contributed by atoms with Crippen LogP contribution in [0.2, 0.25) is 0 Å². The maximum atomic E-state index is 13.0. The van der Waals surface area contributed by atoms with Gasteiger partial charge in [0, 0.05) is 19.0 Å². The van der Waals surface area contributed by atoms with E-state index in [4.69, 9.17) is 0 Å². The quantitative estimate of drug-likeness (QED) is 0.813. The molecule has 1 aromatic rings. The van der Waals surface area contributed by atoms with Gasteiger partial charge in [0.2, 0.25) is 0 Å². The lowest BCUT2D eigenvalue weighted by atomic mass is 9.72. The number of carbonyl (C=O) groups is 1. The van der Waals surface area contributed by atoms with Crippen LogP contribution in [0.1, 0.15) is 57.9 Å². The van der Waals surface area contributed by atoms with Gasteiger partial charge in [-0.15, -0.1) is 0 Å². The van der Waals surface area contributed by atoms with Crippen LogP contribution >= 0.6 is 0 Å². The number of piperidine rings is 1. The third-order valence-corrected chi connectivity index (χ3v) is 5.51. The second kappa shape index (κ2) is 5.92. The molecular weight excluding hydrogens is 258 g/mol. The first kappa shape index (κ1) is 14.8. The zero-order valence-corrected chi connectivity index (χ0v) is 13.3. The lowest BCUT2D eigenvalue weighted by Crippen LogP contribution is -2.59. The number of ketones is 1. The molecule has 114 valence electrons. The van der Waals surface area contributed by atoms with Crippen LogP contribution < -0.4 is 0 Å². The highest BCUT2D eigenvalue weighted by Gasteiger charge is 2.48. The van der Waals surface area contributed by atoms with Gasteiger partial charge < -0.3 is 0 Å². The summed E-state index contributed by atoms with van der Waals surface area (Å²) < 4.78 is 0. The van der Waals surface area contributed by atoms with E-state index >= 15 is 0 Å². The van der Waals surface area contributed by atoms with Crippen LogP contribution in [0.5, 0.6) is 0 Å². The molecule has 0 amide bonds. The molecule has 2 aliphatic rings. The molecule has 0 spiro atoms. The van der Waals surface area contributed by atoms with Gasteiger partial charge >= 0.3 is 0 Å². The van der Waals surface area contributed by atoms with Gasteiger partial charge in [-0.3, -0.25) is 9.69 Å². The molecule has 0 N–H and O–H groups in total. The molecule has 1 aromatic carbocycles. The molecule has 3 unspecified atom stereocenters. The van der Waals surface area contributed by atoms with Crippen molar-refractivity contribution >= 4 is 5.78 Å². The van der Waals surface area contributed by atoms with Crippen molar-refractivity contribution < 1.29 is 4.79 Å². The van der Waals surface area contributed by atoms with Crippen molar-refractivity contribution in [1.82, 2.24) is 4.90 Å². The average molecular weight is 285 g/mol. The van der Waals surface area contributed by atoms with E-state index in [1.54, 1.807) is 0 Å². The van der Waals surface area contributed by atoms with E-state index in [0.29, 0.717) is 17.7 Å². The lowest BCUT2D eigenvalue weighted by molar-refractivity contribution is -0.139. The summed E-state index contributed by atoms with van der Waals surface area (Å²) in [6.45, 7) is 5.69. The van der Waals surface area contributed by atoms with E-state index in [2.05, 4.69) is 43.0 Å². The maximum Gasteiger partial charge on any atom is 0.157 e. The Morgan fingerprint density at radius 3 is 2.57 bits per heavy atom. The molecule has 21 heavy (non-hydrogen) atoms. The van der Waals surface area contributed by atoms with Crippen molar-refractivity contribution in [1.29, 1.82) is 0 Å². The van der Waals surface area contributed by atoms with E-state index in [1.165, 1.54) is 18.4 Å². The van der Waals surface area contributed by atoms with Crippen LogP contribution in [0.3, 0.4) is 0 Å². The van der Waals surface area contributed by atoms with E-state index in [0.717, 1.165) is 32.2 Å². The van der Waals surface area contributed by atoms with Gasteiger partial charge in [0.25, 0.3) is 0 Å². The van der Waals surface area contributed by atoms with Crippen molar-refractivity contribution in [3.8, 4) is 0 Å². The number of carbonyl (C=O) groups excluding carboxylic acids is 1. The third-order valence-electron chi connectivity index (χ3n) is 5.51. The van der Waals surface area contributed by atoms with Crippen LogP contribution in [-0.2, 0) is 10.3 Å². The fourth-order valence-corrected chi connectivity index (χ4v) is 4.32. The minimum atomic E-state index is -0.354. The van der Waals surface area contributed by atoms with E-state index < -0.39 is 0 Å². The molecule has 1 saturated heterocycles. The second-order valence-electron chi connectivity index (χ2n) is 7.04. The number of benzene rings is 1. The maximum absolute atomic E-state index is 13.0. The largest absolute Gasteiger partial charge is 0.297 e. The van der Waals surface area contributed by atoms with E-state index in [1.807, 2.05) is 6.07 Å². The predicted molar refractivity (Wildman–Crippen MR) is 86.2 cm³/mol. The van der Waals surface area contributed by atoms with Crippen molar-refractivity contribution in [2.75, 3.05) is 6.54 Å². The smallest absolute Gasteiger partial charge is 0.157 e. The summed E-state index contributed by atoms with van der Waals surface area (Å²) in [4.78, 5) is 15.6. The van der Waals surface area contributed by atoms with Crippen molar-refractivity contribution in [3.05, 3.63) is 35.9 Å². The molecule has 1 saturated carbocycles. The van der Waals surface area contributed by atoms with E-state index in [-0.39, 0.29) is 5.54 Å². The zero-order valence-electron chi connectivity index (χ0n) is 13.3. The molecule has 2 nitrogen and oxygen atoms in total. The predicted octanol–water partition coefficient (Wildman–Crippen LogP) is 4.15. The fourth-order valence-electron chi connectivity index (χ4n) is 4.32. The topological polar surface area (TPSA) is 20.3 Å². The first-order valence-electron chi connectivity index (χ1n) is 8.50. The summed E-state index contributed by atoms with van der Waals surface area (Å²) in [5.74, 6) is 1.14. The number of likely N-dealkylation sites (tertiary alicyclic amines) is 1. The SMILES string of the molecule is CC1CCC(C)N(C2(c3ccccc3)CCCCC2=O)C1. The third kappa shape index (κ3) is 2.55. The summed E-state index contributed by atoms with van der Waals surface area (Å²) in [6, 6.07) is 11.0. The van der Waals surface area contributed by atoms with Crippen LogP contribution in [-0.4, -0.2) is 23.3 Å². The first-order chi connectivity index (χ1) is 10.1. The molecule has 3 atom stereocenters. The molecule has 0 bridgehead atoms. The highest BCUT2D eigenvalue weighted by atomic mass is 16.1. The second-order valence-corrected chi connectivity index (χ2v) is 7.04. The molecule has 0 aromatic heterocycles. The monoisotopic (exact) mass is 285 g/mol. The van der Waals surface area contributed by atoms with Gasteiger partial charge in [-0.25, -0.2) is 0 Å². The molecule has 0 radical (unpaired) electrons. The average Bonchev–Trinajstić information content (AvgIpc) is 2.51. The number of rotatable bonds is 2. The van der Waals surface area contributed by atoms with Crippen molar-refractivity contribution in [3.63, 3.8) is 0 Å². The Bertz CT molecular complexity index is 498. The molecule has 3 rings (SSSR count). The number of Topliss-reactive ketones (excluding diaryl/α,β-unsaturated/α-hetero) is 1. The summed E-state index contributed by atoms with van der Waals surface area (Å²) in [5, 5.41) is 0. The zero-order chi connectivity index (χ0) is 14.9. The van der Waals surface area contributed by atoms with Gasteiger partial charge in [-0.2, -0.15) is 0 Å². The highest BCUT2D eigenvalue weighted by Crippen LogP contribution is 2.43. The Morgan fingerprint density at radius 1 is 1.10 bits per heavy atom. The summed E-state index contributed by atoms with van der Waals surface area (Å²) in [6.07, 6.45) is 6.46. The Hall–Kier alpha value is -1.15. The Kier molecular flexibility index (Phi) is 4.17. The van der Waals surface area contributed by atoms with Crippen LogP contribution in [0, 0.1) is 5.92 Å². The first-order valence-corrected chi connectivity index (χ1v) is 8.50. The van der Waals surface area contributed by atoms with Gasteiger partial charge in [0.15, 0.2) is 5.78 Å². The Labute approximate surface area is 128 Å². The Morgan fingerprint density at radius 2 is 1.86 bits per heavy atom. The van der Waals surface area contributed by atoms with Crippen LogP contribution in [0.4, 0.5) is 0 Å². The van der Waals surface area contributed by atoms with Crippen LogP contribution in [0.15, 0.2) is 30.3 Å². The van der Waals surface area contributed by atoms with Crippen molar-refractivity contribution in [2.24, 2.45) is 5.92 Å². The molecule has 1 aliphatic carbocycles. The minimum absolute atomic E-state index is 0.354. The molecule has 1 aliphatic heterocycles. The molecule has 2 fully saturated rings. The standard InChI is InChI=1S/C19H27NO/c1-15-11-12-16(2)20(14-15)19(13-7-6-10-18(19)21)17-8-4-3-5-9-17/h3-5,8-9,15-16H,6-7,10-14H2,1-2H3. The number of hydrogen-bond donors (Lipinski definition) is 0. The van der Waals surface area contributed by atoms with Gasteiger partial charge in [-0.05, 0) is 44.1 Å². The fraction of sp³-hybridized carbons (Fsp3) is 0.632. The van der Waals surface area contributed by atoms with Gasteiger partial charge in [0.05, 0.1) is 0 Å². The lowest BCUT2D eigenvalue weighted by Gasteiger charge is -2.51. The number of hydrogen-bond acceptors (Lipinski definition) is 2. The minimum Gasteiger partial charge on any atom is -0.297 e. The number of nitrogens with zero attached hydrogens (tertiary/aromatic N) is 1. The van der Waals surface area contributed by atoms with E-state index in [9.17, 15) is 4.79 Å². The van der Waals surface area contributed by atoms with Crippen molar-refractivity contribution in [2.45, 2.75) is 64.0 Å². The summed E-state index contributed by atoms with van der Waals surface area (Å²) in [5.41, 5.74) is 0.865. The normalized spacial score (nSPS) is 34.9. The Balaban J connectivity index is 2.05.